The van der Waals surface area contributed by atoms with Crippen LogP contribution in [0.4, 0.5) is 5.69 Å². The molecule has 0 fully saturated rings. The van der Waals surface area contributed by atoms with E-state index in [0.717, 1.165) is 32.5 Å². The number of anilines is 1. The molecule has 0 aliphatic carbocycles. The van der Waals surface area contributed by atoms with E-state index in [4.69, 9.17) is 4.74 Å². The number of ether oxygens (including phenoxy) is 1. The van der Waals surface area contributed by atoms with E-state index in [0.29, 0.717) is 5.75 Å². The zero-order chi connectivity index (χ0) is 27.3. The van der Waals surface area contributed by atoms with Gasteiger partial charge in [0.15, 0.2) is 0 Å². The number of carbonyl (C=O) groups is 1. The number of nitrogens with one attached hydrogen (secondary N) is 1. The maximum absolute atomic E-state index is 13.5. The molecule has 1 amide bonds. The second kappa shape index (κ2) is 11.4. The number of para-hydroxylation sites is 2. The van der Waals surface area contributed by atoms with E-state index in [1.165, 1.54) is 19.2 Å². The summed E-state index contributed by atoms with van der Waals surface area (Å²) in [5.74, 6) is -0.272. The van der Waals surface area contributed by atoms with Gasteiger partial charge >= 0.3 is 0 Å². The molecule has 0 saturated heterocycles. The van der Waals surface area contributed by atoms with Crippen LogP contribution in [0.1, 0.15) is 22.5 Å². The lowest BCUT2D eigenvalue weighted by molar-refractivity contribution is -0.119. The predicted molar refractivity (Wildman–Crippen MR) is 150 cm³/mol. The number of hydrogen-bond acceptors (Lipinski definition) is 5. The van der Waals surface area contributed by atoms with E-state index in [1.807, 2.05) is 45.0 Å². The predicted octanol–water partition coefficient (Wildman–Crippen LogP) is 4.76. The zero-order valence-corrected chi connectivity index (χ0v) is 22.6. The molecule has 4 rings (SSSR count). The van der Waals surface area contributed by atoms with Gasteiger partial charge in [-0.2, -0.15) is 5.10 Å². The van der Waals surface area contributed by atoms with Crippen LogP contribution in [0.5, 0.6) is 5.75 Å². The van der Waals surface area contributed by atoms with Crippen molar-refractivity contribution in [2.75, 3.05) is 18.0 Å². The highest BCUT2D eigenvalue weighted by molar-refractivity contribution is 7.92. The smallest absolute Gasteiger partial charge is 0.264 e. The quantitative estimate of drug-likeness (QED) is 0.250. The Balaban J connectivity index is 1.57. The van der Waals surface area contributed by atoms with Crippen molar-refractivity contribution in [3.05, 3.63) is 107 Å². The summed E-state index contributed by atoms with van der Waals surface area (Å²) in [5, 5.41) is 4.12. The van der Waals surface area contributed by atoms with E-state index >= 15 is 0 Å². The average molecular weight is 531 g/mol. The Labute approximate surface area is 223 Å². The first-order valence-electron chi connectivity index (χ1n) is 12.0. The maximum Gasteiger partial charge on any atom is 0.264 e. The third-order valence-corrected chi connectivity index (χ3v) is 7.87. The molecule has 9 heteroatoms. The van der Waals surface area contributed by atoms with Crippen molar-refractivity contribution < 1.29 is 17.9 Å². The highest BCUT2D eigenvalue weighted by Crippen LogP contribution is 2.32. The fourth-order valence-electron chi connectivity index (χ4n) is 4.28. The summed E-state index contributed by atoms with van der Waals surface area (Å²) in [6.07, 6.45) is 1.56. The lowest BCUT2D eigenvalue weighted by Gasteiger charge is -2.25. The van der Waals surface area contributed by atoms with Gasteiger partial charge in [-0.3, -0.25) is 9.10 Å². The maximum atomic E-state index is 13.5. The number of benzene rings is 3. The Kier molecular flexibility index (Phi) is 7.97. The van der Waals surface area contributed by atoms with Gasteiger partial charge in [0.25, 0.3) is 15.9 Å². The molecule has 0 atom stereocenters. The Hall–Kier alpha value is -4.37. The lowest BCUT2D eigenvalue weighted by Crippen LogP contribution is -2.39. The van der Waals surface area contributed by atoms with Gasteiger partial charge in [0.05, 0.1) is 23.9 Å². The number of hydrogen-bond donors (Lipinski definition) is 1. The van der Waals surface area contributed by atoms with Crippen molar-refractivity contribution in [2.45, 2.75) is 25.7 Å². The molecule has 3 aromatic carbocycles. The lowest BCUT2D eigenvalue weighted by atomic mass is 10.2. The number of nitrogens with zero attached hydrogens (tertiary/aromatic N) is 3. The summed E-state index contributed by atoms with van der Waals surface area (Å²) in [6.45, 7) is 5.54. The highest BCUT2D eigenvalue weighted by Gasteiger charge is 2.29. The number of aryl methyl sites for hydroxylation is 2. The van der Waals surface area contributed by atoms with Crippen LogP contribution in [0.3, 0.4) is 0 Å². The first-order valence-corrected chi connectivity index (χ1v) is 13.4. The van der Waals surface area contributed by atoms with Gasteiger partial charge in [0.1, 0.15) is 12.3 Å². The number of rotatable bonds is 9. The molecule has 0 bridgehead atoms. The molecule has 0 unspecified atom stereocenters. The summed E-state index contributed by atoms with van der Waals surface area (Å²) in [4.78, 5) is 13.0. The minimum atomic E-state index is -4.06. The van der Waals surface area contributed by atoms with Crippen molar-refractivity contribution in [2.24, 2.45) is 5.10 Å². The molecule has 196 valence electrons. The van der Waals surface area contributed by atoms with E-state index in [1.54, 1.807) is 48.7 Å². The average Bonchev–Trinajstić information content (AvgIpc) is 3.20. The second-order valence-corrected chi connectivity index (χ2v) is 10.7. The third-order valence-electron chi connectivity index (χ3n) is 6.10. The van der Waals surface area contributed by atoms with Crippen molar-refractivity contribution in [3.63, 3.8) is 0 Å². The minimum Gasteiger partial charge on any atom is -0.495 e. The van der Waals surface area contributed by atoms with Gasteiger partial charge in [0, 0.05) is 22.6 Å². The van der Waals surface area contributed by atoms with Gasteiger partial charge in [0.2, 0.25) is 0 Å². The fraction of sp³-hybridized carbons (Fsp3) is 0.172. The molecule has 1 aromatic heterocycles. The van der Waals surface area contributed by atoms with Crippen LogP contribution in [-0.4, -0.2) is 38.8 Å². The first-order chi connectivity index (χ1) is 18.2. The van der Waals surface area contributed by atoms with Crippen LogP contribution in [0, 0.1) is 20.8 Å². The molecule has 8 nitrogen and oxygen atoms in total. The van der Waals surface area contributed by atoms with Crippen molar-refractivity contribution in [3.8, 4) is 11.4 Å². The van der Waals surface area contributed by atoms with E-state index in [9.17, 15) is 13.2 Å². The monoisotopic (exact) mass is 530 g/mol. The van der Waals surface area contributed by atoms with Crippen LogP contribution in [0.2, 0.25) is 0 Å². The zero-order valence-electron chi connectivity index (χ0n) is 21.8. The van der Waals surface area contributed by atoms with Gasteiger partial charge < -0.3 is 9.30 Å². The summed E-state index contributed by atoms with van der Waals surface area (Å²) in [6, 6.07) is 24.8. The molecule has 0 aliphatic heterocycles. The number of aromatic nitrogens is 1. The summed E-state index contributed by atoms with van der Waals surface area (Å²) < 4.78 is 35.6. The minimum absolute atomic E-state index is 0.0609. The molecule has 1 N–H and O–H groups in total. The van der Waals surface area contributed by atoms with E-state index < -0.39 is 22.5 Å². The van der Waals surface area contributed by atoms with Gasteiger partial charge in [-0.05, 0) is 68.8 Å². The topological polar surface area (TPSA) is 93.0 Å². The highest BCUT2D eigenvalue weighted by atomic mass is 32.2. The van der Waals surface area contributed by atoms with Crippen LogP contribution in [-0.2, 0) is 14.8 Å². The van der Waals surface area contributed by atoms with Crippen LogP contribution < -0.4 is 14.5 Å². The van der Waals surface area contributed by atoms with Crippen molar-refractivity contribution >= 4 is 27.8 Å². The van der Waals surface area contributed by atoms with Crippen LogP contribution in [0.15, 0.2) is 94.9 Å². The molecule has 0 aliphatic rings. The number of sulfonamides is 1. The second-order valence-electron chi connectivity index (χ2n) is 8.79. The Bertz CT molecular complexity index is 1580. The van der Waals surface area contributed by atoms with E-state index in [2.05, 4.69) is 21.2 Å². The Morgan fingerprint density at radius 3 is 2.39 bits per heavy atom. The SMILES string of the molecule is COc1ccccc1N(CC(=O)N/N=C\c1cc(C)n(-c2cccc(C)c2)c1C)S(=O)(=O)c1ccccc1. The van der Waals surface area contributed by atoms with Crippen LogP contribution in [0.25, 0.3) is 5.69 Å². The molecule has 0 saturated carbocycles. The Morgan fingerprint density at radius 1 is 0.974 bits per heavy atom. The summed E-state index contributed by atoms with van der Waals surface area (Å²) in [5.41, 5.74) is 7.75. The van der Waals surface area contributed by atoms with E-state index in [-0.39, 0.29) is 10.6 Å². The standard InChI is InChI=1S/C29H30N4O4S/c1-21-11-10-12-25(17-21)33-22(2)18-24(23(33)3)19-30-31-29(34)20-32(27-15-8-9-16-28(27)37-4)38(35,36)26-13-6-5-7-14-26/h5-19H,20H2,1-4H3,(H,31,34)/b30-19-. The van der Waals surface area contributed by atoms with Gasteiger partial charge in [-0.25, -0.2) is 13.8 Å². The van der Waals surface area contributed by atoms with Gasteiger partial charge in [-0.1, -0.05) is 42.5 Å². The summed E-state index contributed by atoms with van der Waals surface area (Å²) in [7, 11) is -2.62. The molecule has 0 spiro atoms. The summed E-state index contributed by atoms with van der Waals surface area (Å²) >= 11 is 0. The van der Waals surface area contributed by atoms with Crippen molar-refractivity contribution in [1.29, 1.82) is 0 Å². The van der Waals surface area contributed by atoms with Gasteiger partial charge in [-0.15, -0.1) is 0 Å². The number of carbonyl (C=O) groups excluding carboxylic acids is 1. The largest absolute Gasteiger partial charge is 0.495 e. The molecule has 38 heavy (non-hydrogen) atoms. The number of hydrazone groups is 1. The van der Waals surface area contributed by atoms with Crippen molar-refractivity contribution in [1.82, 2.24) is 9.99 Å². The molecule has 4 aromatic rings. The molecular formula is C29H30N4O4S. The molecular weight excluding hydrogens is 500 g/mol. The molecule has 0 radical (unpaired) electrons. The van der Waals surface area contributed by atoms with Crippen LogP contribution >= 0.6 is 0 Å². The Morgan fingerprint density at radius 2 is 1.68 bits per heavy atom. The number of methoxy groups -OCH3 is 1. The first kappa shape index (κ1) is 26.7. The third kappa shape index (κ3) is 5.63. The number of amides is 1. The molecule has 1 heterocycles. The fourth-order valence-corrected chi connectivity index (χ4v) is 5.73. The normalized spacial score (nSPS) is 11.5.